The SMILES string of the molecule is COCCNC1CCC1C(=O)O. The highest BCUT2D eigenvalue weighted by molar-refractivity contribution is 5.72. The van der Waals surface area contributed by atoms with E-state index in [4.69, 9.17) is 9.84 Å². The van der Waals surface area contributed by atoms with Gasteiger partial charge in [0.15, 0.2) is 0 Å². The maximum Gasteiger partial charge on any atom is 0.308 e. The molecule has 4 heteroatoms. The van der Waals surface area contributed by atoms with E-state index in [9.17, 15) is 4.79 Å². The van der Waals surface area contributed by atoms with Gasteiger partial charge in [0, 0.05) is 19.7 Å². The van der Waals surface area contributed by atoms with Crippen LogP contribution in [0.15, 0.2) is 0 Å². The number of ether oxygens (including phenoxy) is 1. The third-order valence-electron chi connectivity index (χ3n) is 2.30. The summed E-state index contributed by atoms with van der Waals surface area (Å²) < 4.78 is 4.85. The second-order valence-electron chi connectivity index (χ2n) is 3.08. The molecule has 0 bridgehead atoms. The van der Waals surface area contributed by atoms with Gasteiger partial charge in [-0.1, -0.05) is 0 Å². The minimum atomic E-state index is -0.684. The number of methoxy groups -OCH3 is 1. The predicted molar refractivity (Wildman–Crippen MR) is 44.0 cm³/mol. The Balaban J connectivity index is 2.12. The Bertz CT molecular complexity index is 160. The average Bonchev–Trinajstić information content (AvgIpc) is 1.94. The lowest BCUT2D eigenvalue weighted by atomic mass is 9.79. The zero-order chi connectivity index (χ0) is 8.97. The standard InChI is InChI=1S/C8H15NO3/c1-12-5-4-9-7-3-2-6(7)8(10)11/h6-7,9H,2-5H2,1H3,(H,10,11). The first kappa shape index (κ1) is 9.48. The topological polar surface area (TPSA) is 58.6 Å². The molecule has 2 unspecified atom stereocenters. The molecule has 0 amide bonds. The van der Waals surface area contributed by atoms with E-state index in [0.717, 1.165) is 19.4 Å². The first-order chi connectivity index (χ1) is 5.75. The van der Waals surface area contributed by atoms with E-state index in [1.54, 1.807) is 7.11 Å². The van der Waals surface area contributed by atoms with Crippen molar-refractivity contribution >= 4 is 5.97 Å². The van der Waals surface area contributed by atoms with E-state index in [2.05, 4.69) is 5.32 Å². The summed E-state index contributed by atoms with van der Waals surface area (Å²) >= 11 is 0. The highest BCUT2D eigenvalue weighted by Gasteiger charge is 2.35. The summed E-state index contributed by atoms with van der Waals surface area (Å²) in [4.78, 5) is 10.6. The van der Waals surface area contributed by atoms with Crippen molar-refractivity contribution in [1.82, 2.24) is 5.32 Å². The van der Waals surface area contributed by atoms with Crippen molar-refractivity contribution in [2.24, 2.45) is 5.92 Å². The van der Waals surface area contributed by atoms with Crippen LogP contribution in [0.25, 0.3) is 0 Å². The number of carboxylic acids is 1. The van der Waals surface area contributed by atoms with Crippen molar-refractivity contribution in [2.45, 2.75) is 18.9 Å². The van der Waals surface area contributed by atoms with Crippen LogP contribution in [0.4, 0.5) is 0 Å². The summed E-state index contributed by atoms with van der Waals surface area (Å²) in [6.45, 7) is 1.38. The third kappa shape index (κ3) is 2.19. The molecule has 1 aliphatic rings. The van der Waals surface area contributed by atoms with Gasteiger partial charge in [-0.05, 0) is 12.8 Å². The predicted octanol–water partition coefficient (Wildman–Crippen LogP) is 0.0856. The van der Waals surface area contributed by atoms with E-state index < -0.39 is 5.97 Å². The molecular weight excluding hydrogens is 158 g/mol. The van der Waals surface area contributed by atoms with Crippen LogP contribution in [0.5, 0.6) is 0 Å². The van der Waals surface area contributed by atoms with Crippen molar-refractivity contribution in [3.05, 3.63) is 0 Å². The minimum absolute atomic E-state index is 0.164. The second-order valence-corrected chi connectivity index (χ2v) is 3.08. The Kier molecular flexibility index (Phi) is 3.49. The molecule has 12 heavy (non-hydrogen) atoms. The van der Waals surface area contributed by atoms with Gasteiger partial charge in [-0.15, -0.1) is 0 Å². The molecule has 0 aliphatic heterocycles. The first-order valence-corrected chi connectivity index (χ1v) is 4.21. The van der Waals surface area contributed by atoms with Crippen LogP contribution in [0.1, 0.15) is 12.8 Å². The number of carboxylic acid groups (broad SMARTS) is 1. The van der Waals surface area contributed by atoms with Gasteiger partial charge in [0.05, 0.1) is 12.5 Å². The fourth-order valence-electron chi connectivity index (χ4n) is 1.39. The maximum atomic E-state index is 10.6. The average molecular weight is 173 g/mol. The fourth-order valence-corrected chi connectivity index (χ4v) is 1.39. The Labute approximate surface area is 71.9 Å². The molecule has 0 aromatic heterocycles. The highest BCUT2D eigenvalue weighted by Crippen LogP contribution is 2.27. The number of hydrogen-bond acceptors (Lipinski definition) is 3. The summed E-state index contributed by atoms with van der Waals surface area (Å²) in [5.41, 5.74) is 0. The molecule has 1 rings (SSSR count). The lowest BCUT2D eigenvalue weighted by Crippen LogP contribution is -2.48. The maximum absolute atomic E-state index is 10.6. The van der Waals surface area contributed by atoms with Gasteiger partial charge in [0.1, 0.15) is 0 Å². The number of carbonyl (C=O) groups is 1. The monoisotopic (exact) mass is 173 g/mol. The number of nitrogens with one attached hydrogen (secondary N) is 1. The summed E-state index contributed by atoms with van der Waals surface area (Å²) in [5.74, 6) is -0.863. The van der Waals surface area contributed by atoms with Crippen LogP contribution < -0.4 is 5.32 Å². The van der Waals surface area contributed by atoms with Crippen LogP contribution >= 0.6 is 0 Å². The zero-order valence-electron chi connectivity index (χ0n) is 7.25. The number of aliphatic carboxylic acids is 1. The van der Waals surface area contributed by atoms with Gasteiger partial charge in [-0.25, -0.2) is 0 Å². The Morgan fingerprint density at radius 1 is 1.67 bits per heavy atom. The Morgan fingerprint density at radius 2 is 2.42 bits per heavy atom. The van der Waals surface area contributed by atoms with E-state index in [0.29, 0.717) is 6.61 Å². The summed E-state index contributed by atoms with van der Waals surface area (Å²) in [7, 11) is 1.64. The van der Waals surface area contributed by atoms with Crippen molar-refractivity contribution in [3.8, 4) is 0 Å². The van der Waals surface area contributed by atoms with Crippen molar-refractivity contribution in [3.63, 3.8) is 0 Å². The second kappa shape index (κ2) is 4.42. The van der Waals surface area contributed by atoms with Crippen LogP contribution in [0.2, 0.25) is 0 Å². The van der Waals surface area contributed by atoms with Gasteiger partial charge in [-0.2, -0.15) is 0 Å². The molecule has 1 fully saturated rings. The van der Waals surface area contributed by atoms with E-state index >= 15 is 0 Å². The largest absolute Gasteiger partial charge is 0.481 e. The minimum Gasteiger partial charge on any atom is -0.481 e. The number of rotatable bonds is 5. The van der Waals surface area contributed by atoms with Crippen molar-refractivity contribution in [1.29, 1.82) is 0 Å². The molecule has 0 radical (unpaired) electrons. The summed E-state index contributed by atoms with van der Waals surface area (Å²) in [5, 5.41) is 11.8. The molecule has 0 saturated heterocycles. The van der Waals surface area contributed by atoms with Gasteiger partial charge < -0.3 is 15.2 Å². The molecule has 70 valence electrons. The normalized spacial score (nSPS) is 28.1. The summed E-state index contributed by atoms with van der Waals surface area (Å²) in [6.07, 6.45) is 1.78. The van der Waals surface area contributed by atoms with Gasteiger partial charge in [0.25, 0.3) is 0 Å². The van der Waals surface area contributed by atoms with Crippen LogP contribution in [-0.2, 0) is 9.53 Å². The molecule has 0 aromatic rings. The molecule has 2 N–H and O–H groups in total. The molecule has 1 saturated carbocycles. The Morgan fingerprint density at radius 3 is 2.83 bits per heavy atom. The molecule has 1 aliphatic carbocycles. The van der Waals surface area contributed by atoms with E-state index in [1.807, 2.05) is 0 Å². The van der Waals surface area contributed by atoms with Gasteiger partial charge in [0.2, 0.25) is 0 Å². The fraction of sp³-hybridized carbons (Fsp3) is 0.875. The van der Waals surface area contributed by atoms with Crippen molar-refractivity contribution in [2.75, 3.05) is 20.3 Å². The molecule has 0 heterocycles. The molecule has 0 aromatic carbocycles. The van der Waals surface area contributed by atoms with E-state index in [-0.39, 0.29) is 12.0 Å². The molecule has 2 atom stereocenters. The number of hydrogen-bond donors (Lipinski definition) is 2. The van der Waals surface area contributed by atoms with Gasteiger partial charge in [-0.3, -0.25) is 4.79 Å². The quantitative estimate of drug-likeness (QED) is 0.578. The van der Waals surface area contributed by atoms with Crippen LogP contribution in [0.3, 0.4) is 0 Å². The zero-order valence-corrected chi connectivity index (χ0v) is 7.25. The summed E-state index contributed by atoms with van der Waals surface area (Å²) in [6, 6.07) is 0.164. The molecule has 0 spiro atoms. The highest BCUT2D eigenvalue weighted by atomic mass is 16.5. The molecular formula is C8H15NO3. The van der Waals surface area contributed by atoms with Crippen LogP contribution in [0, 0.1) is 5.92 Å². The smallest absolute Gasteiger partial charge is 0.308 e. The first-order valence-electron chi connectivity index (χ1n) is 4.21. The van der Waals surface area contributed by atoms with Crippen LogP contribution in [-0.4, -0.2) is 37.4 Å². The van der Waals surface area contributed by atoms with E-state index in [1.165, 1.54) is 0 Å². The lowest BCUT2D eigenvalue weighted by Gasteiger charge is -2.34. The lowest BCUT2D eigenvalue weighted by molar-refractivity contribution is -0.146. The molecule has 4 nitrogen and oxygen atoms in total. The van der Waals surface area contributed by atoms with Gasteiger partial charge >= 0.3 is 5.97 Å². The van der Waals surface area contributed by atoms with Crippen molar-refractivity contribution < 1.29 is 14.6 Å². The third-order valence-corrected chi connectivity index (χ3v) is 2.30. The Hall–Kier alpha value is -0.610.